The van der Waals surface area contributed by atoms with Gasteiger partial charge in [0, 0.05) is 0 Å². The van der Waals surface area contributed by atoms with Gasteiger partial charge < -0.3 is 4.42 Å². The van der Waals surface area contributed by atoms with Crippen molar-refractivity contribution < 1.29 is 12.8 Å². The van der Waals surface area contributed by atoms with Crippen molar-refractivity contribution in [3.05, 3.63) is 24.2 Å². The summed E-state index contributed by atoms with van der Waals surface area (Å²) >= 11 is 0. The van der Waals surface area contributed by atoms with E-state index < -0.39 is 10.0 Å². The molecule has 1 atom stereocenters. The van der Waals surface area contributed by atoms with Crippen molar-refractivity contribution in [3.8, 4) is 0 Å². The summed E-state index contributed by atoms with van der Waals surface area (Å²) in [6, 6.07) is 3.16. The first-order valence-electron chi connectivity index (χ1n) is 4.08. The fourth-order valence-corrected chi connectivity index (χ4v) is 1.77. The summed E-state index contributed by atoms with van der Waals surface area (Å²) in [5, 5.41) is 0. The van der Waals surface area contributed by atoms with Crippen LogP contribution in [-0.2, 0) is 10.0 Å². The fraction of sp³-hybridized carbons (Fsp3) is 0.500. The van der Waals surface area contributed by atoms with Crippen LogP contribution in [0.15, 0.2) is 22.8 Å². The minimum absolute atomic E-state index is 0.0814. The molecule has 0 amide bonds. The van der Waals surface area contributed by atoms with Crippen LogP contribution in [0, 0.1) is 0 Å². The molecule has 0 aliphatic heterocycles. The van der Waals surface area contributed by atoms with E-state index in [9.17, 15) is 8.42 Å². The normalized spacial score (nSPS) is 14.3. The van der Waals surface area contributed by atoms with E-state index in [-0.39, 0.29) is 11.8 Å². The molecule has 0 aliphatic rings. The van der Waals surface area contributed by atoms with Gasteiger partial charge in [-0.3, -0.25) is 0 Å². The molecule has 0 saturated carbocycles. The van der Waals surface area contributed by atoms with Crippen molar-refractivity contribution in [1.82, 2.24) is 4.72 Å². The fourth-order valence-electron chi connectivity index (χ4n) is 0.948. The topological polar surface area (TPSA) is 59.3 Å². The SMILES string of the molecule is CCS(=O)(=O)N[C@@H](C)c1ccco1. The lowest BCUT2D eigenvalue weighted by molar-refractivity contribution is 0.459. The average Bonchev–Trinajstić information content (AvgIpc) is 2.55. The molecule has 0 aliphatic carbocycles. The third-order valence-electron chi connectivity index (χ3n) is 1.71. The highest BCUT2D eigenvalue weighted by molar-refractivity contribution is 7.89. The zero-order valence-corrected chi connectivity index (χ0v) is 8.47. The van der Waals surface area contributed by atoms with Gasteiger partial charge in [0.1, 0.15) is 5.76 Å². The van der Waals surface area contributed by atoms with Gasteiger partial charge in [-0.05, 0) is 26.0 Å². The van der Waals surface area contributed by atoms with Crippen molar-refractivity contribution in [2.75, 3.05) is 5.75 Å². The third kappa shape index (κ3) is 2.86. The van der Waals surface area contributed by atoms with E-state index in [0.29, 0.717) is 5.76 Å². The molecule has 1 aromatic heterocycles. The standard InChI is InChI=1S/C8H13NO3S/c1-3-13(10,11)9-7(2)8-5-4-6-12-8/h4-7,9H,3H2,1-2H3/t7-/m0/s1. The summed E-state index contributed by atoms with van der Waals surface area (Å²) in [7, 11) is -3.15. The second-order valence-corrected chi connectivity index (χ2v) is 4.80. The second-order valence-electron chi connectivity index (χ2n) is 2.76. The number of furan rings is 1. The molecular formula is C8H13NO3S. The minimum Gasteiger partial charge on any atom is -0.468 e. The molecule has 0 bridgehead atoms. The second kappa shape index (κ2) is 3.93. The van der Waals surface area contributed by atoms with Gasteiger partial charge in [0.05, 0.1) is 18.1 Å². The van der Waals surface area contributed by atoms with Crippen molar-refractivity contribution >= 4 is 10.0 Å². The Labute approximate surface area is 78.0 Å². The molecule has 0 aromatic carbocycles. The van der Waals surface area contributed by atoms with E-state index in [0.717, 1.165) is 0 Å². The van der Waals surface area contributed by atoms with E-state index in [1.165, 1.54) is 6.26 Å². The predicted octanol–water partition coefficient (Wildman–Crippen LogP) is 1.28. The number of hydrogen-bond donors (Lipinski definition) is 1. The molecule has 0 unspecified atom stereocenters. The van der Waals surface area contributed by atoms with Crippen molar-refractivity contribution in [1.29, 1.82) is 0 Å². The summed E-state index contributed by atoms with van der Waals surface area (Å²) in [5.41, 5.74) is 0. The van der Waals surface area contributed by atoms with Gasteiger partial charge in [-0.1, -0.05) is 0 Å². The summed E-state index contributed by atoms with van der Waals surface area (Å²) < 4.78 is 29.8. The molecule has 0 spiro atoms. The Kier molecular flexibility index (Phi) is 3.11. The van der Waals surface area contributed by atoms with E-state index in [4.69, 9.17) is 4.42 Å². The summed E-state index contributed by atoms with van der Waals surface area (Å²) in [4.78, 5) is 0. The van der Waals surface area contributed by atoms with Crippen LogP contribution in [0.5, 0.6) is 0 Å². The highest BCUT2D eigenvalue weighted by atomic mass is 32.2. The Morgan fingerprint density at radius 3 is 2.77 bits per heavy atom. The first kappa shape index (κ1) is 10.3. The van der Waals surface area contributed by atoms with Crippen LogP contribution in [0.1, 0.15) is 25.6 Å². The van der Waals surface area contributed by atoms with E-state index in [1.54, 1.807) is 26.0 Å². The van der Waals surface area contributed by atoms with E-state index in [2.05, 4.69) is 4.72 Å². The predicted molar refractivity (Wildman–Crippen MR) is 49.7 cm³/mol. The Morgan fingerprint density at radius 2 is 2.31 bits per heavy atom. The number of nitrogens with one attached hydrogen (secondary N) is 1. The average molecular weight is 203 g/mol. The van der Waals surface area contributed by atoms with Gasteiger partial charge in [-0.15, -0.1) is 0 Å². The highest BCUT2D eigenvalue weighted by Crippen LogP contribution is 2.12. The molecule has 4 nitrogen and oxygen atoms in total. The maximum atomic E-state index is 11.2. The Hall–Kier alpha value is -0.810. The third-order valence-corrected chi connectivity index (χ3v) is 3.18. The molecule has 1 N–H and O–H groups in total. The molecule has 0 saturated heterocycles. The summed E-state index contributed by atoms with van der Waals surface area (Å²) in [5.74, 6) is 0.704. The van der Waals surface area contributed by atoms with Crippen LogP contribution >= 0.6 is 0 Å². The van der Waals surface area contributed by atoms with Crippen LogP contribution in [0.25, 0.3) is 0 Å². The van der Waals surface area contributed by atoms with Crippen molar-refractivity contribution in [2.24, 2.45) is 0 Å². The molecule has 1 rings (SSSR count). The molecule has 1 heterocycles. The van der Waals surface area contributed by atoms with Crippen LogP contribution in [-0.4, -0.2) is 14.2 Å². The lowest BCUT2D eigenvalue weighted by atomic mass is 10.3. The molecule has 0 radical (unpaired) electrons. The zero-order valence-electron chi connectivity index (χ0n) is 7.65. The van der Waals surface area contributed by atoms with Gasteiger partial charge >= 0.3 is 0 Å². The summed E-state index contributed by atoms with van der Waals surface area (Å²) in [6.07, 6.45) is 1.52. The monoisotopic (exact) mass is 203 g/mol. The van der Waals surface area contributed by atoms with Gasteiger partial charge in [-0.25, -0.2) is 13.1 Å². The molecule has 1 aromatic rings. The first-order valence-corrected chi connectivity index (χ1v) is 5.74. The quantitative estimate of drug-likeness (QED) is 0.801. The number of rotatable bonds is 4. The number of hydrogen-bond acceptors (Lipinski definition) is 3. The molecule has 0 fully saturated rings. The smallest absolute Gasteiger partial charge is 0.211 e. The van der Waals surface area contributed by atoms with Gasteiger partial charge in [-0.2, -0.15) is 0 Å². The highest BCUT2D eigenvalue weighted by Gasteiger charge is 2.14. The largest absolute Gasteiger partial charge is 0.468 e. The number of sulfonamides is 1. The lowest BCUT2D eigenvalue weighted by Gasteiger charge is -2.09. The Morgan fingerprint density at radius 1 is 1.62 bits per heavy atom. The Bertz CT molecular complexity index is 341. The van der Waals surface area contributed by atoms with Gasteiger partial charge in [0.15, 0.2) is 0 Å². The molecule has 5 heteroatoms. The van der Waals surface area contributed by atoms with E-state index in [1.807, 2.05) is 0 Å². The van der Waals surface area contributed by atoms with Crippen LogP contribution in [0.2, 0.25) is 0 Å². The minimum atomic E-state index is -3.15. The van der Waals surface area contributed by atoms with Crippen LogP contribution < -0.4 is 4.72 Å². The zero-order chi connectivity index (χ0) is 9.90. The van der Waals surface area contributed by atoms with Crippen LogP contribution in [0.4, 0.5) is 0 Å². The molecule has 13 heavy (non-hydrogen) atoms. The van der Waals surface area contributed by atoms with Crippen LogP contribution in [0.3, 0.4) is 0 Å². The van der Waals surface area contributed by atoms with Crippen molar-refractivity contribution in [3.63, 3.8) is 0 Å². The maximum absolute atomic E-state index is 11.2. The lowest BCUT2D eigenvalue weighted by Crippen LogP contribution is -2.27. The molecule has 74 valence electrons. The van der Waals surface area contributed by atoms with Gasteiger partial charge in [0.25, 0.3) is 0 Å². The summed E-state index contributed by atoms with van der Waals surface area (Å²) in [6.45, 7) is 3.34. The Balaban J connectivity index is 2.67. The first-order chi connectivity index (χ1) is 6.05. The maximum Gasteiger partial charge on any atom is 0.211 e. The van der Waals surface area contributed by atoms with E-state index >= 15 is 0 Å². The van der Waals surface area contributed by atoms with Crippen molar-refractivity contribution in [2.45, 2.75) is 19.9 Å². The molecular weight excluding hydrogens is 190 g/mol. The van der Waals surface area contributed by atoms with Gasteiger partial charge in [0.2, 0.25) is 10.0 Å².